The lowest BCUT2D eigenvalue weighted by atomic mass is 10.0. The number of rotatable bonds is 3. The van der Waals surface area contributed by atoms with Crippen molar-refractivity contribution in [2.45, 2.75) is 24.7 Å². The summed E-state index contributed by atoms with van der Waals surface area (Å²) in [6.45, 7) is 1.79. The largest absolute Gasteiger partial charge is 0.481 e. The minimum atomic E-state index is -3.99. The van der Waals surface area contributed by atoms with E-state index >= 15 is 0 Å². The monoisotopic (exact) mass is 301 g/mol. The number of benzene rings is 1. The molecule has 0 bridgehead atoms. The number of hydrogen-bond acceptors (Lipinski definition) is 3. The summed E-state index contributed by atoms with van der Waals surface area (Å²) in [6.07, 6.45) is 0.904. The van der Waals surface area contributed by atoms with Gasteiger partial charge < -0.3 is 5.11 Å². The number of nitrogens with zero attached hydrogens (tertiary/aromatic N) is 1. The molecule has 0 spiro atoms. The van der Waals surface area contributed by atoms with Crippen LogP contribution in [0.3, 0.4) is 0 Å². The fourth-order valence-corrected chi connectivity index (χ4v) is 3.98. The van der Waals surface area contributed by atoms with Crippen molar-refractivity contribution in [1.29, 1.82) is 0 Å². The van der Waals surface area contributed by atoms with E-state index in [1.54, 1.807) is 6.92 Å². The Hall–Kier alpha value is -1.47. The normalized spacial score (nSPS) is 20.8. The van der Waals surface area contributed by atoms with Crippen LogP contribution in [-0.2, 0) is 14.8 Å². The molecule has 0 amide bonds. The molecule has 1 atom stereocenters. The van der Waals surface area contributed by atoms with Crippen LogP contribution >= 0.6 is 0 Å². The Morgan fingerprint density at radius 1 is 1.45 bits per heavy atom. The average molecular weight is 301 g/mol. The van der Waals surface area contributed by atoms with Gasteiger partial charge in [0.05, 0.1) is 5.92 Å². The Morgan fingerprint density at radius 2 is 2.15 bits per heavy atom. The van der Waals surface area contributed by atoms with Crippen LogP contribution in [0.4, 0.5) is 4.39 Å². The third kappa shape index (κ3) is 2.83. The number of carboxylic acids is 1. The summed E-state index contributed by atoms with van der Waals surface area (Å²) in [5, 5.41) is 9.00. The number of hydrogen-bond donors (Lipinski definition) is 1. The second-order valence-corrected chi connectivity index (χ2v) is 6.88. The Labute approximate surface area is 117 Å². The lowest BCUT2D eigenvalue weighted by Crippen LogP contribution is -2.42. The second-order valence-electron chi connectivity index (χ2n) is 4.97. The molecule has 1 heterocycles. The van der Waals surface area contributed by atoms with Gasteiger partial charge in [-0.1, -0.05) is 6.07 Å². The molecule has 5 nitrogen and oxygen atoms in total. The maximum absolute atomic E-state index is 13.8. The first kappa shape index (κ1) is 14.9. The molecule has 1 fully saturated rings. The number of aryl methyl sites for hydroxylation is 1. The third-order valence-electron chi connectivity index (χ3n) is 3.44. The van der Waals surface area contributed by atoms with E-state index in [2.05, 4.69) is 0 Å². The molecule has 110 valence electrons. The highest BCUT2D eigenvalue weighted by molar-refractivity contribution is 7.89. The summed E-state index contributed by atoms with van der Waals surface area (Å²) in [5.74, 6) is -2.56. The summed E-state index contributed by atoms with van der Waals surface area (Å²) >= 11 is 0. The topological polar surface area (TPSA) is 74.7 Å². The summed E-state index contributed by atoms with van der Waals surface area (Å²) in [6, 6.07) is 3.88. The van der Waals surface area contributed by atoms with Crippen LogP contribution in [0.15, 0.2) is 23.1 Å². The zero-order chi connectivity index (χ0) is 14.9. The molecule has 1 aromatic rings. The zero-order valence-corrected chi connectivity index (χ0v) is 11.9. The van der Waals surface area contributed by atoms with Crippen LogP contribution < -0.4 is 0 Å². The molecule has 7 heteroatoms. The molecule has 1 aromatic carbocycles. The van der Waals surface area contributed by atoms with Crippen molar-refractivity contribution in [2.75, 3.05) is 13.1 Å². The lowest BCUT2D eigenvalue weighted by molar-refractivity contribution is -0.142. The molecule has 2 rings (SSSR count). The number of carboxylic acid groups (broad SMARTS) is 1. The minimum absolute atomic E-state index is 0.106. The molecular weight excluding hydrogens is 285 g/mol. The molecule has 20 heavy (non-hydrogen) atoms. The fraction of sp³-hybridized carbons (Fsp3) is 0.462. The smallest absolute Gasteiger partial charge is 0.307 e. The van der Waals surface area contributed by atoms with Gasteiger partial charge >= 0.3 is 5.97 Å². The van der Waals surface area contributed by atoms with Crippen molar-refractivity contribution in [3.63, 3.8) is 0 Å². The van der Waals surface area contributed by atoms with Crippen LogP contribution in [0.2, 0.25) is 0 Å². The number of aliphatic carboxylic acids is 1. The van der Waals surface area contributed by atoms with E-state index in [1.165, 1.54) is 12.1 Å². The van der Waals surface area contributed by atoms with Gasteiger partial charge in [0.25, 0.3) is 0 Å². The summed E-state index contributed by atoms with van der Waals surface area (Å²) in [5.41, 5.74) is 0.636. The van der Waals surface area contributed by atoms with E-state index in [9.17, 15) is 17.6 Å². The van der Waals surface area contributed by atoms with Gasteiger partial charge in [-0.15, -0.1) is 0 Å². The van der Waals surface area contributed by atoms with Crippen LogP contribution in [0, 0.1) is 18.7 Å². The van der Waals surface area contributed by atoms with Crippen molar-refractivity contribution < 1.29 is 22.7 Å². The Bertz CT molecular complexity index is 629. The van der Waals surface area contributed by atoms with E-state index < -0.39 is 27.7 Å². The molecule has 0 saturated carbocycles. The van der Waals surface area contributed by atoms with Gasteiger partial charge in [0.15, 0.2) is 0 Å². The maximum Gasteiger partial charge on any atom is 0.307 e. The summed E-state index contributed by atoms with van der Waals surface area (Å²) in [7, 11) is -3.99. The van der Waals surface area contributed by atoms with E-state index in [4.69, 9.17) is 5.11 Å². The van der Waals surface area contributed by atoms with Crippen molar-refractivity contribution >= 4 is 16.0 Å². The molecule has 0 aliphatic carbocycles. The fourth-order valence-electron chi connectivity index (χ4n) is 2.31. The van der Waals surface area contributed by atoms with Gasteiger partial charge in [0, 0.05) is 13.1 Å². The molecule has 1 aliphatic rings. The molecule has 1 N–H and O–H groups in total. The van der Waals surface area contributed by atoms with Crippen LogP contribution in [0.1, 0.15) is 18.4 Å². The predicted octanol–water partition coefficient (Wildman–Crippen LogP) is 1.62. The quantitative estimate of drug-likeness (QED) is 0.920. The van der Waals surface area contributed by atoms with Crippen molar-refractivity contribution in [1.82, 2.24) is 4.31 Å². The Balaban J connectivity index is 2.35. The molecular formula is C13H16FNO4S. The number of piperidine rings is 1. The van der Waals surface area contributed by atoms with E-state index in [0.29, 0.717) is 18.4 Å². The van der Waals surface area contributed by atoms with Gasteiger partial charge in [0.2, 0.25) is 10.0 Å². The molecule has 0 aromatic heterocycles. The van der Waals surface area contributed by atoms with E-state index in [1.807, 2.05) is 0 Å². The Kier molecular flexibility index (Phi) is 4.10. The molecule has 1 unspecified atom stereocenters. The summed E-state index contributed by atoms with van der Waals surface area (Å²) in [4.78, 5) is 10.6. The average Bonchev–Trinajstić information content (AvgIpc) is 2.41. The lowest BCUT2D eigenvalue weighted by Gasteiger charge is -2.29. The second kappa shape index (κ2) is 5.49. The van der Waals surface area contributed by atoms with Crippen LogP contribution in [0.25, 0.3) is 0 Å². The predicted molar refractivity (Wildman–Crippen MR) is 70.3 cm³/mol. The summed E-state index contributed by atoms with van der Waals surface area (Å²) < 4.78 is 39.7. The van der Waals surface area contributed by atoms with E-state index in [-0.39, 0.29) is 18.0 Å². The standard InChI is InChI=1S/C13H16FNO4S/c1-9-4-5-11(14)12(7-9)20(18,19)15-6-2-3-10(8-15)13(16)17/h4-5,7,10H,2-3,6,8H2,1H3,(H,16,17). The number of halogens is 1. The SMILES string of the molecule is Cc1ccc(F)c(S(=O)(=O)N2CCCC(C(=O)O)C2)c1. The van der Waals surface area contributed by atoms with E-state index in [0.717, 1.165) is 10.4 Å². The van der Waals surface area contributed by atoms with Gasteiger partial charge in [-0.25, -0.2) is 12.8 Å². The van der Waals surface area contributed by atoms with Crippen LogP contribution in [0.5, 0.6) is 0 Å². The molecule has 1 saturated heterocycles. The van der Waals surface area contributed by atoms with Gasteiger partial charge in [0.1, 0.15) is 10.7 Å². The highest BCUT2D eigenvalue weighted by atomic mass is 32.2. The molecule has 0 radical (unpaired) electrons. The minimum Gasteiger partial charge on any atom is -0.481 e. The van der Waals surface area contributed by atoms with Gasteiger partial charge in [-0.05, 0) is 37.5 Å². The third-order valence-corrected chi connectivity index (χ3v) is 5.32. The van der Waals surface area contributed by atoms with Gasteiger partial charge in [-0.2, -0.15) is 4.31 Å². The maximum atomic E-state index is 13.8. The first-order valence-electron chi connectivity index (χ1n) is 6.31. The van der Waals surface area contributed by atoms with Crippen molar-refractivity contribution in [2.24, 2.45) is 5.92 Å². The highest BCUT2D eigenvalue weighted by Gasteiger charge is 2.34. The first-order chi connectivity index (χ1) is 9.32. The van der Waals surface area contributed by atoms with Crippen molar-refractivity contribution in [3.8, 4) is 0 Å². The first-order valence-corrected chi connectivity index (χ1v) is 7.75. The number of carbonyl (C=O) groups is 1. The van der Waals surface area contributed by atoms with Crippen LogP contribution in [-0.4, -0.2) is 36.9 Å². The Morgan fingerprint density at radius 3 is 2.80 bits per heavy atom. The van der Waals surface area contributed by atoms with Gasteiger partial charge in [-0.3, -0.25) is 4.79 Å². The molecule has 1 aliphatic heterocycles. The zero-order valence-electron chi connectivity index (χ0n) is 11.0. The van der Waals surface area contributed by atoms with Crippen molar-refractivity contribution in [3.05, 3.63) is 29.6 Å². The highest BCUT2D eigenvalue weighted by Crippen LogP contribution is 2.26. The number of sulfonamides is 1.